The Morgan fingerprint density at radius 3 is 2.55 bits per heavy atom. The second kappa shape index (κ2) is 6.87. The second-order valence-electron chi connectivity index (χ2n) is 5.07. The van der Waals surface area contributed by atoms with Crippen LogP contribution in [0.25, 0.3) is 0 Å². The largest absolute Gasteiger partial charge is 0.377 e. The first-order valence-corrected chi connectivity index (χ1v) is 8.06. The number of hydrogen-bond acceptors (Lipinski definition) is 4. The molecule has 0 heterocycles. The molecule has 1 aromatic carbocycles. The van der Waals surface area contributed by atoms with E-state index in [4.69, 9.17) is 16.3 Å². The summed E-state index contributed by atoms with van der Waals surface area (Å²) in [5.41, 5.74) is 0.177. The number of methoxy groups -OCH3 is 1. The van der Waals surface area contributed by atoms with Crippen LogP contribution in [0.4, 0.5) is 0 Å². The summed E-state index contributed by atoms with van der Waals surface area (Å²) in [4.78, 5) is 0.194. The number of halogens is 1. The number of nitrogens with one attached hydrogen (secondary N) is 2. The maximum absolute atomic E-state index is 12.2. The van der Waals surface area contributed by atoms with E-state index in [1.807, 2.05) is 13.8 Å². The monoisotopic (exact) mass is 320 g/mol. The van der Waals surface area contributed by atoms with Crippen molar-refractivity contribution in [2.24, 2.45) is 0 Å². The van der Waals surface area contributed by atoms with Crippen LogP contribution in [0.5, 0.6) is 0 Å². The van der Waals surface area contributed by atoms with Gasteiger partial charge < -0.3 is 10.1 Å². The van der Waals surface area contributed by atoms with E-state index >= 15 is 0 Å². The summed E-state index contributed by atoms with van der Waals surface area (Å²) in [6.45, 7) is 4.31. The summed E-state index contributed by atoms with van der Waals surface area (Å²) in [5.74, 6) is 0. The number of benzene rings is 1. The molecule has 0 saturated heterocycles. The minimum absolute atomic E-state index is 0.190. The van der Waals surface area contributed by atoms with Gasteiger partial charge in [0.15, 0.2) is 0 Å². The van der Waals surface area contributed by atoms with E-state index in [9.17, 15) is 8.42 Å². The highest BCUT2D eigenvalue weighted by atomic mass is 35.5. The fourth-order valence-corrected chi connectivity index (χ4v) is 2.90. The molecule has 0 unspecified atom stereocenters. The molecule has 2 N–H and O–H groups in total. The first kappa shape index (κ1) is 17.4. The Balaban J connectivity index is 2.95. The average Bonchev–Trinajstić information content (AvgIpc) is 2.39. The van der Waals surface area contributed by atoms with Crippen molar-refractivity contribution in [2.45, 2.75) is 30.9 Å². The Hall–Kier alpha value is -0.660. The number of rotatable bonds is 7. The minimum atomic E-state index is -3.58. The molecule has 0 aliphatic heterocycles. The van der Waals surface area contributed by atoms with Crippen LogP contribution in [0.15, 0.2) is 23.1 Å². The van der Waals surface area contributed by atoms with Crippen LogP contribution in [0, 0.1) is 0 Å². The van der Waals surface area contributed by atoms with Crippen LogP contribution in [0.1, 0.15) is 19.4 Å². The zero-order valence-electron chi connectivity index (χ0n) is 12.2. The molecule has 0 amide bonds. The molecule has 0 saturated carbocycles. The molecule has 0 atom stereocenters. The van der Waals surface area contributed by atoms with E-state index in [0.29, 0.717) is 11.6 Å². The van der Waals surface area contributed by atoms with E-state index in [1.54, 1.807) is 26.3 Å². The number of hydrogen-bond donors (Lipinski definition) is 2. The van der Waals surface area contributed by atoms with Crippen molar-refractivity contribution in [3.63, 3.8) is 0 Å². The van der Waals surface area contributed by atoms with Crippen LogP contribution in [-0.4, -0.2) is 34.7 Å². The van der Waals surface area contributed by atoms with Gasteiger partial charge in [-0.25, -0.2) is 13.1 Å². The lowest BCUT2D eigenvalue weighted by molar-refractivity contribution is 0.0276. The van der Waals surface area contributed by atoms with Gasteiger partial charge in [0.25, 0.3) is 0 Å². The quantitative estimate of drug-likeness (QED) is 0.803. The van der Waals surface area contributed by atoms with Crippen LogP contribution in [0.2, 0.25) is 5.02 Å². The summed E-state index contributed by atoms with van der Waals surface area (Å²) < 4.78 is 32.2. The lowest BCUT2D eigenvalue weighted by Crippen LogP contribution is -2.39. The Bertz CT molecular complexity index is 559. The maximum Gasteiger partial charge on any atom is 0.240 e. The third-order valence-electron chi connectivity index (χ3n) is 2.94. The molecule has 1 aromatic rings. The van der Waals surface area contributed by atoms with Gasteiger partial charge in [0.05, 0.1) is 10.5 Å². The first-order chi connectivity index (χ1) is 9.22. The van der Waals surface area contributed by atoms with E-state index in [0.717, 1.165) is 5.56 Å². The molecule has 0 radical (unpaired) electrons. The average molecular weight is 321 g/mol. The van der Waals surface area contributed by atoms with Gasteiger partial charge in [-0.1, -0.05) is 11.6 Å². The van der Waals surface area contributed by atoms with E-state index < -0.39 is 15.6 Å². The highest BCUT2D eigenvalue weighted by Crippen LogP contribution is 2.20. The summed E-state index contributed by atoms with van der Waals surface area (Å²) in [6, 6.07) is 4.65. The van der Waals surface area contributed by atoms with Crippen molar-refractivity contribution in [1.29, 1.82) is 0 Å². The second-order valence-corrected chi connectivity index (χ2v) is 7.25. The van der Waals surface area contributed by atoms with Gasteiger partial charge in [0.2, 0.25) is 10.0 Å². The SMILES string of the molecule is CNCc1cc(S(=O)(=O)NCC(C)(C)OC)ccc1Cl. The highest BCUT2D eigenvalue weighted by molar-refractivity contribution is 7.89. The fraction of sp³-hybridized carbons (Fsp3) is 0.538. The Kier molecular flexibility index (Phi) is 5.97. The molecule has 1 rings (SSSR count). The third-order valence-corrected chi connectivity index (χ3v) is 4.70. The first-order valence-electron chi connectivity index (χ1n) is 6.20. The van der Waals surface area contributed by atoms with Crippen LogP contribution in [-0.2, 0) is 21.3 Å². The van der Waals surface area contributed by atoms with Crippen molar-refractivity contribution in [3.8, 4) is 0 Å². The Morgan fingerprint density at radius 1 is 1.35 bits per heavy atom. The normalized spacial score (nSPS) is 12.7. The molecule has 0 bridgehead atoms. The lowest BCUT2D eigenvalue weighted by Gasteiger charge is -2.23. The van der Waals surface area contributed by atoms with Gasteiger partial charge in [0, 0.05) is 25.2 Å². The maximum atomic E-state index is 12.2. The van der Waals surface area contributed by atoms with Gasteiger partial charge in [0.1, 0.15) is 0 Å². The molecule has 0 fully saturated rings. The van der Waals surface area contributed by atoms with Gasteiger partial charge in [-0.3, -0.25) is 0 Å². The van der Waals surface area contributed by atoms with Crippen LogP contribution in [0.3, 0.4) is 0 Å². The smallest absolute Gasteiger partial charge is 0.240 e. The standard InChI is InChI=1S/C13H21ClN2O3S/c1-13(2,19-4)9-16-20(17,18)11-5-6-12(14)10(7-11)8-15-3/h5-7,15-16H,8-9H2,1-4H3. The van der Waals surface area contributed by atoms with Crippen molar-refractivity contribution < 1.29 is 13.2 Å². The molecular formula is C13H21ClN2O3S. The molecule has 0 spiro atoms. The van der Waals surface area contributed by atoms with Crippen molar-refractivity contribution in [1.82, 2.24) is 10.0 Å². The van der Waals surface area contributed by atoms with Gasteiger partial charge >= 0.3 is 0 Å². The fourth-order valence-electron chi connectivity index (χ4n) is 1.47. The van der Waals surface area contributed by atoms with Crippen molar-refractivity contribution in [2.75, 3.05) is 20.7 Å². The molecule has 5 nitrogen and oxygen atoms in total. The molecule has 7 heteroatoms. The predicted octanol–water partition coefficient (Wildman–Crippen LogP) is 1.76. The van der Waals surface area contributed by atoms with Crippen LogP contribution < -0.4 is 10.0 Å². The van der Waals surface area contributed by atoms with E-state index in [1.165, 1.54) is 6.07 Å². The molecule has 114 valence electrons. The topological polar surface area (TPSA) is 67.4 Å². The molecule has 0 aromatic heterocycles. The van der Waals surface area contributed by atoms with E-state index in [2.05, 4.69) is 10.0 Å². The summed E-state index contributed by atoms with van der Waals surface area (Å²) in [7, 11) is -0.260. The summed E-state index contributed by atoms with van der Waals surface area (Å²) >= 11 is 6.02. The highest BCUT2D eigenvalue weighted by Gasteiger charge is 2.22. The molecule has 20 heavy (non-hydrogen) atoms. The van der Waals surface area contributed by atoms with E-state index in [-0.39, 0.29) is 11.4 Å². The zero-order chi connectivity index (χ0) is 15.4. The van der Waals surface area contributed by atoms with Crippen molar-refractivity contribution in [3.05, 3.63) is 28.8 Å². The Labute approximate surface area is 125 Å². The molecule has 0 aliphatic carbocycles. The number of ether oxygens (including phenoxy) is 1. The third kappa shape index (κ3) is 4.71. The van der Waals surface area contributed by atoms with Gasteiger partial charge in [-0.15, -0.1) is 0 Å². The molecular weight excluding hydrogens is 300 g/mol. The minimum Gasteiger partial charge on any atom is -0.377 e. The molecule has 0 aliphatic rings. The summed E-state index contributed by atoms with van der Waals surface area (Å²) in [6.07, 6.45) is 0. The summed E-state index contributed by atoms with van der Waals surface area (Å²) in [5, 5.41) is 3.49. The zero-order valence-corrected chi connectivity index (χ0v) is 13.7. The van der Waals surface area contributed by atoms with Gasteiger partial charge in [-0.05, 0) is 44.7 Å². The lowest BCUT2D eigenvalue weighted by atomic mass is 10.1. The Morgan fingerprint density at radius 2 is 2.00 bits per heavy atom. The predicted molar refractivity (Wildman–Crippen MR) is 80.5 cm³/mol. The van der Waals surface area contributed by atoms with Crippen molar-refractivity contribution >= 4 is 21.6 Å². The van der Waals surface area contributed by atoms with Crippen LogP contribution >= 0.6 is 11.6 Å². The van der Waals surface area contributed by atoms with Gasteiger partial charge in [-0.2, -0.15) is 0 Å². The number of sulfonamides is 1.